The van der Waals surface area contributed by atoms with E-state index in [-0.39, 0.29) is 0 Å². The number of ether oxygens (including phenoxy) is 1. The Labute approximate surface area is 134 Å². The molecule has 0 aliphatic heterocycles. The Bertz CT molecular complexity index is 830. The Hall–Kier alpha value is -2.88. The summed E-state index contributed by atoms with van der Waals surface area (Å²) in [5.41, 5.74) is 3.50. The first kappa shape index (κ1) is 15.0. The number of esters is 1. The fourth-order valence-corrected chi connectivity index (χ4v) is 2.51. The van der Waals surface area contributed by atoms with Gasteiger partial charge >= 0.3 is 5.97 Å². The highest BCUT2D eigenvalue weighted by molar-refractivity contribution is 5.98. The summed E-state index contributed by atoms with van der Waals surface area (Å²) in [4.78, 5) is 12.7. The number of aromatic nitrogens is 1. The summed E-state index contributed by atoms with van der Waals surface area (Å²) in [5, 5.41) is 4.02. The first-order valence-corrected chi connectivity index (χ1v) is 7.38. The summed E-state index contributed by atoms with van der Waals surface area (Å²) < 4.78 is 10.8. The first-order valence-electron chi connectivity index (χ1n) is 7.38. The predicted molar refractivity (Wildman–Crippen MR) is 87.6 cm³/mol. The molecule has 0 N–H and O–H groups in total. The third-order valence-electron chi connectivity index (χ3n) is 3.72. The third-order valence-corrected chi connectivity index (χ3v) is 3.72. The quantitative estimate of drug-likeness (QED) is 0.528. The van der Waals surface area contributed by atoms with Crippen LogP contribution in [0.4, 0.5) is 0 Å². The molecule has 23 heavy (non-hydrogen) atoms. The Balaban J connectivity index is 1.99. The number of carbonyl (C=O) groups is 1. The van der Waals surface area contributed by atoms with Gasteiger partial charge in [0.2, 0.25) is 0 Å². The highest BCUT2D eigenvalue weighted by atomic mass is 16.5. The Kier molecular flexibility index (Phi) is 3.98. The van der Waals surface area contributed by atoms with E-state index in [0.29, 0.717) is 22.8 Å². The molecule has 0 saturated carbocycles. The van der Waals surface area contributed by atoms with Gasteiger partial charge in [-0.3, -0.25) is 0 Å². The molecule has 4 nitrogen and oxygen atoms in total. The van der Waals surface area contributed by atoms with Crippen LogP contribution in [0.25, 0.3) is 11.3 Å². The minimum atomic E-state index is -0.458. The zero-order chi connectivity index (χ0) is 16.4. The Morgan fingerprint density at radius 3 is 2.26 bits per heavy atom. The molecule has 0 amide bonds. The second-order valence-electron chi connectivity index (χ2n) is 5.44. The van der Waals surface area contributed by atoms with Crippen molar-refractivity contribution >= 4 is 5.97 Å². The van der Waals surface area contributed by atoms with Crippen LogP contribution < -0.4 is 4.74 Å². The SMILES string of the molecule is Cc1cccc(C)c1OC(=O)c1c(-c2ccccc2)noc1C. The van der Waals surface area contributed by atoms with Gasteiger partial charge in [-0.2, -0.15) is 0 Å². The van der Waals surface area contributed by atoms with E-state index in [9.17, 15) is 4.79 Å². The Morgan fingerprint density at radius 2 is 1.61 bits per heavy atom. The van der Waals surface area contributed by atoms with Crippen molar-refractivity contribution in [1.82, 2.24) is 5.16 Å². The summed E-state index contributed by atoms with van der Waals surface area (Å²) in [6, 6.07) is 15.2. The molecular weight excluding hydrogens is 290 g/mol. The molecule has 3 rings (SSSR count). The van der Waals surface area contributed by atoms with Gasteiger partial charge < -0.3 is 9.26 Å². The van der Waals surface area contributed by atoms with Crippen molar-refractivity contribution < 1.29 is 14.1 Å². The van der Waals surface area contributed by atoms with Crippen molar-refractivity contribution in [1.29, 1.82) is 0 Å². The van der Waals surface area contributed by atoms with E-state index in [2.05, 4.69) is 5.16 Å². The number of nitrogens with zero attached hydrogens (tertiary/aromatic N) is 1. The van der Waals surface area contributed by atoms with Crippen molar-refractivity contribution in [3.05, 3.63) is 71.0 Å². The van der Waals surface area contributed by atoms with Crippen LogP contribution >= 0.6 is 0 Å². The van der Waals surface area contributed by atoms with E-state index in [0.717, 1.165) is 16.7 Å². The number of benzene rings is 2. The largest absolute Gasteiger partial charge is 0.422 e. The standard InChI is InChI=1S/C19H17NO3/c1-12-8-7-9-13(2)18(12)22-19(21)16-14(3)23-20-17(16)15-10-5-4-6-11-15/h4-11H,1-3H3. The number of carbonyl (C=O) groups excluding carboxylic acids is 1. The van der Waals surface area contributed by atoms with Gasteiger partial charge in [-0.1, -0.05) is 53.7 Å². The highest BCUT2D eigenvalue weighted by Gasteiger charge is 2.24. The average molecular weight is 307 g/mol. The molecule has 0 unspecified atom stereocenters. The van der Waals surface area contributed by atoms with Crippen LogP contribution in [0.1, 0.15) is 27.2 Å². The fourth-order valence-electron chi connectivity index (χ4n) is 2.51. The monoisotopic (exact) mass is 307 g/mol. The van der Waals surface area contributed by atoms with E-state index in [1.165, 1.54) is 0 Å². The second kappa shape index (κ2) is 6.08. The van der Waals surface area contributed by atoms with Crippen molar-refractivity contribution in [2.24, 2.45) is 0 Å². The van der Waals surface area contributed by atoms with Gasteiger partial charge in [0.15, 0.2) is 0 Å². The van der Waals surface area contributed by atoms with Crippen LogP contribution in [0.5, 0.6) is 5.75 Å². The van der Waals surface area contributed by atoms with E-state index in [4.69, 9.17) is 9.26 Å². The van der Waals surface area contributed by atoms with Gasteiger partial charge in [0, 0.05) is 5.56 Å². The van der Waals surface area contributed by atoms with E-state index in [1.54, 1.807) is 6.92 Å². The predicted octanol–water partition coefficient (Wildman–Crippen LogP) is 4.49. The van der Waals surface area contributed by atoms with Crippen LogP contribution in [0.3, 0.4) is 0 Å². The molecule has 0 aliphatic carbocycles. The van der Waals surface area contributed by atoms with Gasteiger partial charge in [0.1, 0.15) is 22.8 Å². The lowest BCUT2D eigenvalue weighted by atomic mass is 10.1. The summed E-state index contributed by atoms with van der Waals surface area (Å²) >= 11 is 0. The zero-order valence-electron chi connectivity index (χ0n) is 13.3. The number of hydrogen-bond donors (Lipinski definition) is 0. The van der Waals surface area contributed by atoms with Crippen molar-refractivity contribution in [3.63, 3.8) is 0 Å². The smallest absolute Gasteiger partial charge is 0.349 e. The van der Waals surface area contributed by atoms with Crippen molar-refractivity contribution in [3.8, 4) is 17.0 Å². The summed E-state index contributed by atoms with van der Waals surface area (Å²) in [6.07, 6.45) is 0. The number of aryl methyl sites for hydroxylation is 3. The van der Waals surface area contributed by atoms with Crippen LogP contribution in [-0.4, -0.2) is 11.1 Å². The van der Waals surface area contributed by atoms with Gasteiger partial charge in [0.05, 0.1) is 0 Å². The van der Waals surface area contributed by atoms with Crippen LogP contribution in [0.2, 0.25) is 0 Å². The summed E-state index contributed by atoms with van der Waals surface area (Å²) in [5.74, 6) is 0.567. The number of rotatable bonds is 3. The van der Waals surface area contributed by atoms with E-state index >= 15 is 0 Å². The summed E-state index contributed by atoms with van der Waals surface area (Å²) in [7, 11) is 0. The normalized spacial score (nSPS) is 10.6. The molecule has 116 valence electrons. The molecule has 0 fully saturated rings. The van der Waals surface area contributed by atoms with E-state index < -0.39 is 5.97 Å². The number of hydrogen-bond acceptors (Lipinski definition) is 4. The van der Waals surface area contributed by atoms with Crippen molar-refractivity contribution in [2.75, 3.05) is 0 Å². The molecule has 1 aromatic heterocycles. The van der Waals surface area contributed by atoms with Crippen LogP contribution in [0, 0.1) is 20.8 Å². The minimum Gasteiger partial charge on any atom is -0.422 e. The maximum absolute atomic E-state index is 12.7. The van der Waals surface area contributed by atoms with Crippen LogP contribution in [-0.2, 0) is 0 Å². The lowest BCUT2D eigenvalue weighted by molar-refractivity contribution is 0.0731. The second-order valence-corrected chi connectivity index (χ2v) is 5.44. The zero-order valence-corrected chi connectivity index (χ0v) is 13.3. The molecule has 0 radical (unpaired) electrons. The summed E-state index contributed by atoms with van der Waals surface area (Å²) in [6.45, 7) is 5.53. The van der Waals surface area contributed by atoms with Gasteiger partial charge in [0.25, 0.3) is 0 Å². The highest BCUT2D eigenvalue weighted by Crippen LogP contribution is 2.28. The fraction of sp³-hybridized carbons (Fsp3) is 0.158. The number of para-hydroxylation sites is 1. The molecule has 1 heterocycles. The van der Waals surface area contributed by atoms with Gasteiger partial charge in [-0.15, -0.1) is 0 Å². The lowest BCUT2D eigenvalue weighted by Crippen LogP contribution is -2.12. The lowest BCUT2D eigenvalue weighted by Gasteiger charge is -2.10. The minimum absolute atomic E-state index is 0.360. The maximum Gasteiger partial charge on any atom is 0.349 e. The first-order chi connectivity index (χ1) is 11.1. The molecule has 0 aliphatic rings. The average Bonchev–Trinajstić information content (AvgIpc) is 2.93. The molecule has 0 atom stereocenters. The molecule has 0 bridgehead atoms. The van der Waals surface area contributed by atoms with Crippen molar-refractivity contribution in [2.45, 2.75) is 20.8 Å². The molecule has 0 spiro atoms. The van der Waals surface area contributed by atoms with Crippen LogP contribution in [0.15, 0.2) is 53.1 Å². The van der Waals surface area contributed by atoms with Gasteiger partial charge in [-0.05, 0) is 31.9 Å². The third kappa shape index (κ3) is 2.88. The Morgan fingerprint density at radius 1 is 0.957 bits per heavy atom. The molecule has 0 saturated heterocycles. The van der Waals surface area contributed by atoms with E-state index in [1.807, 2.05) is 62.4 Å². The molecular formula is C19H17NO3. The molecule has 3 aromatic rings. The molecule has 2 aromatic carbocycles. The molecule has 4 heteroatoms. The maximum atomic E-state index is 12.7. The topological polar surface area (TPSA) is 52.3 Å². The van der Waals surface area contributed by atoms with Gasteiger partial charge in [-0.25, -0.2) is 4.79 Å².